The molecule has 6 heteroatoms. The van der Waals surface area contributed by atoms with Crippen LogP contribution < -0.4 is 4.74 Å². The molecule has 0 radical (unpaired) electrons. The number of benzene rings is 1. The van der Waals surface area contributed by atoms with Crippen molar-refractivity contribution in [2.75, 3.05) is 0 Å². The number of hydrogen-bond acceptors (Lipinski definition) is 4. The van der Waals surface area contributed by atoms with Gasteiger partial charge in [-0.1, -0.05) is 13.8 Å². The van der Waals surface area contributed by atoms with Crippen LogP contribution in [0.4, 0.5) is 10.1 Å². The highest BCUT2D eigenvalue weighted by Crippen LogP contribution is 2.49. The van der Waals surface area contributed by atoms with Crippen LogP contribution in [-0.2, 0) is 0 Å². The Hall–Kier alpha value is -1.69. The van der Waals surface area contributed by atoms with Crippen LogP contribution in [-0.4, -0.2) is 22.2 Å². The lowest BCUT2D eigenvalue weighted by molar-refractivity contribution is -0.385. The molecule has 1 N–H and O–H groups in total. The number of rotatable bonds is 5. The predicted molar refractivity (Wildman–Crippen MR) is 75.8 cm³/mol. The third-order valence-corrected chi connectivity index (χ3v) is 4.78. The van der Waals surface area contributed by atoms with Crippen molar-refractivity contribution in [3.63, 3.8) is 0 Å². The first-order valence-corrected chi connectivity index (χ1v) is 7.15. The van der Waals surface area contributed by atoms with Gasteiger partial charge in [0.1, 0.15) is 6.10 Å². The van der Waals surface area contributed by atoms with Crippen molar-refractivity contribution in [3.05, 3.63) is 33.6 Å². The Balaban J connectivity index is 2.25. The molecule has 1 saturated carbocycles. The highest BCUT2D eigenvalue weighted by molar-refractivity contribution is 5.45. The number of aliphatic hydroxyl groups excluding tert-OH is 1. The van der Waals surface area contributed by atoms with Crippen LogP contribution in [0.2, 0.25) is 0 Å². The van der Waals surface area contributed by atoms with Crippen molar-refractivity contribution < 1.29 is 19.2 Å². The van der Waals surface area contributed by atoms with Gasteiger partial charge in [0.05, 0.1) is 17.1 Å². The molecule has 2 atom stereocenters. The van der Waals surface area contributed by atoms with Gasteiger partial charge in [-0.25, -0.2) is 4.39 Å². The zero-order valence-corrected chi connectivity index (χ0v) is 12.4. The molecular weight excluding hydrogens is 277 g/mol. The number of hydrogen-bond donors (Lipinski definition) is 1. The van der Waals surface area contributed by atoms with Gasteiger partial charge in [-0.2, -0.15) is 0 Å². The molecule has 1 aliphatic rings. The lowest BCUT2D eigenvalue weighted by Gasteiger charge is -2.52. The first-order chi connectivity index (χ1) is 9.85. The van der Waals surface area contributed by atoms with Gasteiger partial charge in [-0.3, -0.25) is 10.1 Å². The third-order valence-electron chi connectivity index (χ3n) is 4.78. The van der Waals surface area contributed by atoms with E-state index in [2.05, 4.69) is 0 Å². The summed E-state index contributed by atoms with van der Waals surface area (Å²) in [6, 6.07) is 2.24. The zero-order valence-electron chi connectivity index (χ0n) is 12.4. The van der Waals surface area contributed by atoms with Gasteiger partial charge in [-0.05, 0) is 25.8 Å². The molecule has 0 bridgehead atoms. The van der Waals surface area contributed by atoms with E-state index in [1.807, 2.05) is 13.8 Å². The molecule has 1 fully saturated rings. The molecule has 0 heterocycles. The van der Waals surface area contributed by atoms with Crippen LogP contribution >= 0.6 is 0 Å². The summed E-state index contributed by atoms with van der Waals surface area (Å²) < 4.78 is 19.7. The Bertz CT molecular complexity index is 557. The molecule has 0 aliphatic heterocycles. The van der Waals surface area contributed by atoms with Crippen molar-refractivity contribution in [2.45, 2.75) is 52.2 Å². The van der Waals surface area contributed by atoms with Crippen LogP contribution in [0.1, 0.15) is 38.7 Å². The van der Waals surface area contributed by atoms with E-state index in [4.69, 9.17) is 4.74 Å². The fourth-order valence-corrected chi connectivity index (χ4v) is 3.15. The first kappa shape index (κ1) is 15.7. The van der Waals surface area contributed by atoms with Gasteiger partial charge >= 0.3 is 0 Å². The fourth-order valence-electron chi connectivity index (χ4n) is 3.15. The van der Waals surface area contributed by atoms with E-state index in [9.17, 15) is 19.6 Å². The second-order valence-electron chi connectivity index (χ2n) is 5.62. The van der Waals surface area contributed by atoms with Gasteiger partial charge in [-0.15, -0.1) is 0 Å². The molecule has 5 nitrogen and oxygen atoms in total. The third kappa shape index (κ3) is 2.48. The number of nitro groups is 1. The van der Waals surface area contributed by atoms with E-state index in [0.717, 1.165) is 18.9 Å². The normalized spacial score (nSPS) is 23.5. The molecule has 1 aromatic carbocycles. The second kappa shape index (κ2) is 5.60. The maximum atomic E-state index is 14.0. The van der Waals surface area contributed by atoms with Crippen molar-refractivity contribution in [1.82, 2.24) is 0 Å². The predicted octanol–water partition coefficient (Wildman–Crippen LogP) is 3.36. The Kier molecular flexibility index (Phi) is 4.18. The topological polar surface area (TPSA) is 72.6 Å². The molecule has 116 valence electrons. The number of nitro benzene ring substituents is 1. The van der Waals surface area contributed by atoms with Crippen molar-refractivity contribution in [1.29, 1.82) is 0 Å². The summed E-state index contributed by atoms with van der Waals surface area (Å²) in [6.07, 6.45) is 1.22. The second-order valence-corrected chi connectivity index (χ2v) is 5.62. The van der Waals surface area contributed by atoms with Gasteiger partial charge in [0.25, 0.3) is 5.69 Å². The van der Waals surface area contributed by atoms with E-state index in [-0.39, 0.29) is 23.0 Å². The largest absolute Gasteiger partial charge is 0.487 e. The summed E-state index contributed by atoms with van der Waals surface area (Å²) in [5, 5.41) is 20.8. The summed E-state index contributed by atoms with van der Waals surface area (Å²) in [7, 11) is 0. The minimum atomic E-state index is -0.741. The van der Waals surface area contributed by atoms with Gasteiger partial charge in [0.15, 0.2) is 11.6 Å². The van der Waals surface area contributed by atoms with E-state index in [0.29, 0.717) is 12.0 Å². The van der Waals surface area contributed by atoms with Gasteiger partial charge in [0, 0.05) is 17.4 Å². The van der Waals surface area contributed by atoms with Crippen LogP contribution in [0.15, 0.2) is 12.1 Å². The van der Waals surface area contributed by atoms with Gasteiger partial charge < -0.3 is 9.84 Å². The SMILES string of the molecule is CCC1(CC)C(O)CC1Oc1cc(C)c([N+](=O)[O-])cc1F. The minimum absolute atomic E-state index is 0.0151. The molecule has 0 saturated heterocycles. The van der Waals surface area contributed by atoms with Crippen LogP contribution in [0.25, 0.3) is 0 Å². The first-order valence-electron chi connectivity index (χ1n) is 7.15. The standard InChI is InChI=1S/C15H20FNO4/c1-4-15(5-2)13(18)8-14(15)21-12-6-9(3)11(17(19)20)7-10(12)16/h6-7,13-14,18H,4-5,8H2,1-3H3. The summed E-state index contributed by atoms with van der Waals surface area (Å²) in [6.45, 7) is 5.49. The van der Waals surface area contributed by atoms with E-state index in [1.54, 1.807) is 6.92 Å². The number of ether oxygens (including phenoxy) is 1. The molecular formula is C15H20FNO4. The Labute approximate surface area is 122 Å². The van der Waals surface area contributed by atoms with Crippen LogP contribution in [0.3, 0.4) is 0 Å². The van der Waals surface area contributed by atoms with Crippen LogP contribution in [0.5, 0.6) is 5.75 Å². The maximum absolute atomic E-state index is 14.0. The number of nitrogens with zero attached hydrogens (tertiary/aromatic N) is 1. The Morgan fingerprint density at radius 2 is 2.10 bits per heavy atom. The molecule has 0 spiro atoms. The van der Waals surface area contributed by atoms with Crippen molar-refractivity contribution in [3.8, 4) is 5.75 Å². The summed E-state index contributed by atoms with van der Waals surface area (Å²) in [4.78, 5) is 10.2. The van der Waals surface area contributed by atoms with Gasteiger partial charge in [0.2, 0.25) is 0 Å². The van der Waals surface area contributed by atoms with Crippen LogP contribution in [0, 0.1) is 28.3 Å². The fraction of sp³-hybridized carbons (Fsp3) is 0.600. The molecule has 2 rings (SSSR count). The summed E-state index contributed by atoms with van der Waals surface area (Å²) in [5.41, 5.74) is -0.261. The highest BCUT2D eigenvalue weighted by atomic mass is 19.1. The monoisotopic (exact) mass is 297 g/mol. The average molecular weight is 297 g/mol. The Morgan fingerprint density at radius 1 is 1.48 bits per heavy atom. The lowest BCUT2D eigenvalue weighted by atomic mass is 9.60. The Morgan fingerprint density at radius 3 is 2.57 bits per heavy atom. The highest BCUT2D eigenvalue weighted by Gasteiger charge is 2.53. The smallest absolute Gasteiger partial charge is 0.275 e. The maximum Gasteiger partial charge on any atom is 0.275 e. The molecule has 0 amide bonds. The average Bonchev–Trinajstić information content (AvgIpc) is 2.43. The number of aliphatic hydroxyl groups is 1. The minimum Gasteiger partial charge on any atom is -0.487 e. The summed E-state index contributed by atoms with van der Waals surface area (Å²) >= 11 is 0. The number of halogens is 1. The number of aryl methyl sites for hydroxylation is 1. The lowest BCUT2D eigenvalue weighted by Crippen LogP contribution is -2.59. The molecule has 21 heavy (non-hydrogen) atoms. The summed E-state index contributed by atoms with van der Waals surface area (Å²) in [5.74, 6) is -0.726. The van der Waals surface area contributed by atoms with Crippen molar-refractivity contribution >= 4 is 5.69 Å². The molecule has 1 aromatic rings. The molecule has 2 unspecified atom stereocenters. The molecule has 0 aromatic heterocycles. The van der Waals surface area contributed by atoms with Crippen molar-refractivity contribution in [2.24, 2.45) is 5.41 Å². The van der Waals surface area contributed by atoms with E-state index < -0.39 is 16.8 Å². The quantitative estimate of drug-likeness (QED) is 0.668. The van der Waals surface area contributed by atoms with E-state index >= 15 is 0 Å². The zero-order chi connectivity index (χ0) is 15.8. The molecule has 1 aliphatic carbocycles. The van der Waals surface area contributed by atoms with E-state index in [1.165, 1.54) is 6.07 Å².